The van der Waals surface area contributed by atoms with Crippen LogP contribution in [0.3, 0.4) is 0 Å². The molecule has 2 aromatic heterocycles. The number of aromatic nitrogens is 3. The first-order valence-corrected chi connectivity index (χ1v) is 9.23. The Hall–Kier alpha value is -1.93. The summed E-state index contributed by atoms with van der Waals surface area (Å²) >= 11 is 11.3. The molecule has 0 spiro atoms. The summed E-state index contributed by atoms with van der Waals surface area (Å²) in [7, 11) is 0. The Bertz CT molecular complexity index is 1060. The van der Waals surface area contributed by atoms with E-state index in [0.29, 0.717) is 21.7 Å². The van der Waals surface area contributed by atoms with Crippen molar-refractivity contribution >= 4 is 52.9 Å². The van der Waals surface area contributed by atoms with Gasteiger partial charge >= 0.3 is 5.69 Å². The number of halogens is 2. The van der Waals surface area contributed by atoms with Gasteiger partial charge in [-0.25, -0.2) is 9.78 Å². The molecule has 0 radical (unpaired) electrons. The van der Waals surface area contributed by atoms with E-state index >= 15 is 0 Å². The van der Waals surface area contributed by atoms with Crippen LogP contribution in [0.5, 0.6) is 0 Å². The summed E-state index contributed by atoms with van der Waals surface area (Å²) in [6.45, 7) is 4.11. The average Bonchev–Trinajstić information content (AvgIpc) is 2.67. The quantitative estimate of drug-likeness (QED) is 0.633. The highest BCUT2D eigenvalue weighted by Gasteiger charge is 2.14. The molecule has 3 heterocycles. The zero-order chi connectivity index (χ0) is 18.1. The summed E-state index contributed by atoms with van der Waals surface area (Å²) in [6.07, 6.45) is 1.83. The lowest BCUT2D eigenvalue weighted by atomic mass is 10.2. The summed E-state index contributed by atoms with van der Waals surface area (Å²) in [5.41, 5.74) is 3.12. The minimum atomic E-state index is -0.239. The van der Waals surface area contributed by atoms with Crippen molar-refractivity contribution in [3.8, 4) is 0 Å². The molecule has 2 N–H and O–H groups in total. The van der Waals surface area contributed by atoms with E-state index in [1.807, 2.05) is 36.5 Å². The Balaban J connectivity index is 0.00000210. The zero-order valence-electron chi connectivity index (χ0n) is 14.4. The summed E-state index contributed by atoms with van der Waals surface area (Å²) in [5, 5.41) is 4.01. The van der Waals surface area contributed by atoms with E-state index in [9.17, 15) is 4.79 Å². The Morgan fingerprint density at radius 1 is 1.19 bits per heavy atom. The second-order valence-electron chi connectivity index (χ2n) is 6.27. The molecule has 1 saturated heterocycles. The lowest BCUT2D eigenvalue weighted by Crippen LogP contribution is -2.43. The molecule has 142 valence electrons. The third-order valence-electron chi connectivity index (χ3n) is 4.56. The number of H-pyrrole nitrogens is 1. The fourth-order valence-corrected chi connectivity index (χ4v) is 3.55. The van der Waals surface area contributed by atoms with Gasteiger partial charge in [-0.15, -0.1) is 12.4 Å². The first-order chi connectivity index (χ1) is 12.6. The zero-order valence-corrected chi connectivity index (χ0v) is 16.8. The van der Waals surface area contributed by atoms with E-state index in [4.69, 9.17) is 23.8 Å². The highest BCUT2D eigenvalue weighted by atomic mass is 35.5. The average molecular weight is 424 g/mol. The molecular formula is C18H19Cl2N5OS. The van der Waals surface area contributed by atoms with Gasteiger partial charge in [0.1, 0.15) is 10.2 Å². The molecule has 3 aromatic rings. The molecule has 0 atom stereocenters. The van der Waals surface area contributed by atoms with E-state index in [2.05, 4.69) is 20.2 Å². The minimum Gasteiger partial charge on any atom is -0.368 e. The van der Waals surface area contributed by atoms with Crippen LogP contribution in [0.15, 0.2) is 41.3 Å². The fourth-order valence-electron chi connectivity index (χ4n) is 3.18. The standard InChI is InChI=1S/C18H18ClN5OS.ClH/c19-13-3-1-12(2-4-13)11-24-15-9-14(23-7-5-20-6-8-23)10-21-16(15)17(26)22-18(24)25;/h1-4,9-10,20H,5-8,11H2,(H,22,25,26);1H. The van der Waals surface area contributed by atoms with Crippen molar-refractivity contribution in [1.29, 1.82) is 0 Å². The molecule has 1 aromatic carbocycles. The number of piperazine rings is 1. The van der Waals surface area contributed by atoms with Gasteiger partial charge in [0.25, 0.3) is 0 Å². The summed E-state index contributed by atoms with van der Waals surface area (Å²) in [4.78, 5) is 22.1. The molecule has 27 heavy (non-hydrogen) atoms. The number of benzene rings is 1. The van der Waals surface area contributed by atoms with Gasteiger partial charge in [-0.3, -0.25) is 9.55 Å². The topological polar surface area (TPSA) is 66.0 Å². The number of pyridine rings is 1. The minimum absolute atomic E-state index is 0. The van der Waals surface area contributed by atoms with Gasteiger partial charge in [0.15, 0.2) is 0 Å². The van der Waals surface area contributed by atoms with Crippen LogP contribution in [0, 0.1) is 4.64 Å². The number of anilines is 1. The van der Waals surface area contributed by atoms with E-state index in [1.165, 1.54) is 0 Å². The third kappa shape index (κ3) is 4.16. The number of fused-ring (bicyclic) bond motifs is 1. The second-order valence-corrected chi connectivity index (χ2v) is 7.11. The van der Waals surface area contributed by atoms with Gasteiger partial charge < -0.3 is 10.2 Å². The third-order valence-corrected chi connectivity index (χ3v) is 5.11. The van der Waals surface area contributed by atoms with Crippen molar-refractivity contribution in [2.24, 2.45) is 0 Å². The summed E-state index contributed by atoms with van der Waals surface area (Å²) < 4.78 is 2.04. The van der Waals surface area contributed by atoms with Crippen LogP contribution >= 0.6 is 36.2 Å². The van der Waals surface area contributed by atoms with E-state index in [1.54, 1.807) is 4.57 Å². The molecule has 0 aliphatic carbocycles. The van der Waals surface area contributed by atoms with E-state index in [0.717, 1.165) is 42.9 Å². The molecule has 4 rings (SSSR count). The predicted molar refractivity (Wildman–Crippen MR) is 114 cm³/mol. The van der Waals surface area contributed by atoms with Gasteiger partial charge in [-0.1, -0.05) is 36.0 Å². The van der Waals surface area contributed by atoms with Gasteiger partial charge in [-0.2, -0.15) is 0 Å². The highest BCUT2D eigenvalue weighted by molar-refractivity contribution is 7.71. The smallest absolute Gasteiger partial charge is 0.327 e. The number of hydrogen-bond acceptors (Lipinski definition) is 5. The Kier molecular flexibility index (Phi) is 6.16. The van der Waals surface area contributed by atoms with Crippen molar-refractivity contribution in [3.05, 3.63) is 62.2 Å². The van der Waals surface area contributed by atoms with Gasteiger partial charge in [0, 0.05) is 31.2 Å². The largest absolute Gasteiger partial charge is 0.368 e. The van der Waals surface area contributed by atoms with E-state index in [-0.39, 0.29) is 18.1 Å². The predicted octanol–water partition coefficient (Wildman–Crippen LogP) is 2.99. The van der Waals surface area contributed by atoms with Crippen LogP contribution < -0.4 is 15.9 Å². The molecule has 0 saturated carbocycles. The van der Waals surface area contributed by atoms with Crippen LogP contribution in [0.25, 0.3) is 11.0 Å². The molecular weight excluding hydrogens is 405 g/mol. The maximum absolute atomic E-state index is 12.6. The summed E-state index contributed by atoms with van der Waals surface area (Å²) in [6, 6.07) is 9.47. The Morgan fingerprint density at radius 2 is 1.89 bits per heavy atom. The van der Waals surface area contributed by atoms with Crippen LogP contribution in [0.2, 0.25) is 5.02 Å². The van der Waals surface area contributed by atoms with Crippen LogP contribution in [-0.2, 0) is 6.54 Å². The molecule has 9 heteroatoms. The number of hydrogen-bond donors (Lipinski definition) is 2. The Morgan fingerprint density at radius 3 is 2.59 bits per heavy atom. The lowest BCUT2D eigenvalue weighted by Gasteiger charge is -2.29. The van der Waals surface area contributed by atoms with Crippen molar-refractivity contribution < 1.29 is 0 Å². The van der Waals surface area contributed by atoms with Gasteiger partial charge in [0.05, 0.1) is 23.9 Å². The number of rotatable bonds is 3. The second kappa shape index (κ2) is 8.39. The first-order valence-electron chi connectivity index (χ1n) is 8.45. The maximum Gasteiger partial charge on any atom is 0.327 e. The monoisotopic (exact) mass is 423 g/mol. The molecule has 1 fully saturated rings. The summed E-state index contributed by atoms with van der Waals surface area (Å²) in [5.74, 6) is 0. The molecule has 6 nitrogen and oxygen atoms in total. The molecule has 0 unspecified atom stereocenters. The maximum atomic E-state index is 12.6. The van der Waals surface area contributed by atoms with Crippen molar-refractivity contribution in [1.82, 2.24) is 19.9 Å². The lowest BCUT2D eigenvalue weighted by molar-refractivity contribution is 0.589. The van der Waals surface area contributed by atoms with Crippen LogP contribution in [-0.4, -0.2) is 40.7 Å². The molecule has 1 aliphatic heterocycles. The number of aromatic amines is 1. The molecule has 0 bridgehead atoms. The normalized spacial score (nSPS) is 14.2. The Labute approximate surface area is 172 Å². The van der Waals surface area contributed by atoms with Gasteiger partial charge in [-0.05, 0) is 23.8 Å². The van der Waals surface area contributed by atoms with Crippen molar-refractivity contribution in [2.75, 3.05) is 31.1 Å². The van der Waals surface area contributed by atoms with Crippen molar-refractivity contribution in [3.63, 3.8) is 0 Å². The molecule has 0 amide bonds. The first kappa shape index (κ1) is 19.8. The number of nitrogens with zero attached hydrogens (tertiary/aromatic N) is 3. The highest BCUT2D eigenvalue weighted by Crippen LogP contribution is 2.21. The SMILES string of the molecule is Cl.O=c1[nH]c(=S)c2ncc(N3CCNCC3)cc2n1Cc1ccc(Cl)cc1. The van der Waals surface area contributed by atoms with Gasteiger partial charge in [0.2, 0.25) is 0 Å². The van der Waals surface area contributed by atoms with Crippen LogP contribution in [0.4, 0.5) is 5.69 Å². The number of nitrogens with one attached hydrogen (secondary N) is 2. The van der Waals surface area contributed by atoms with Crippen LogP contribution in [0.1, 0.15) is 5.56 Å². The fraction of sp³-hybridized carbons (Fsp3) is 0.278. The van der Waals surface area contributed by atoms with E-state index < -0.39 is 0 Å². The van der Waals surface area contributed by atoms with Crippen molar-refractivity contribution in [2.45, 2.75) is 6.54 Å². The molecule has 1 aliphatic rings.